The summed E-state index contributed by atoms with van der Waals surface area (Å²) in [7, 11) is 0. The molecule has 2 aromatic carbocycles. The Morgan fingerprint density at radius 2 is 1.90 bits per heavy atom. The third-order valence-electron chi connectivity index (χ3n) is 3.15. The largest absolute Gasteiger partial charge is 0.330 e. The Morgan fingerprint density at radius 1 is 1.10 bits per heavy atom. The summed E-state index contributed by atoms with van der Waals surface area (Å²) in [5.74, 6) is -0.137. The maximum absolute atomic E-state index is 14.0. The summed E-state index contributed by atoms with van der Waals surface area (Å²) in [4.78, 5) is 4.41. The van der Waals surface area contributed by atoms with Gasteiger partial charge in [-0.25, -0.2) is 13.8 Å². The lowest BCUT2D eigenvalue weighted by atomic mass is 10.2. The van der Waals surface area contributed by atoms with Crippen molar-refractivity contribution in [3.63, 3.8) is 0 Å². The number of fused-ring (bicyclic) bond motifs is 1. The van der Waals surface area contributed by atoms with Gasteiger partial charge >= 0.3 is 0 Å². The molecule has 3 rings (SSSR count). The molecule has 0 aliphatic heterocycles. The fourth-order valence-electron chi connectivity index (χ4n) is 2.30. The van der Waals surface area contributed by atoms with E-state index in [9.17, 15) is 8.78 Å². The van der Waals surface area contributed by atoms with Crippen LogP contribution >= 0.6 is 0 Å². The normalized spacial score (nSPS) is 11.2. The summed E-state index contributed by atoms with van der Waals surface area (Å²) in [5, 5.41) is 0. The SMILES string of the molecule is NCCc1nc2ccc(F)cc2n1-c1ccccc1F. The molecule has 0 saturated heterocycles. The number of halogens is 2. The molecular formula is C15H13F2N3. The number of hydrogen-bond donors (Lipinski definition) is 1. The van der Waals surface area contributed by atoms with Crippen LogP contribution in [0.1, 0.15) is 5.82 Å². The minimum absolute atomic E-state index is 0.351. The maximum Gasteiger partial charge on any atom is 0.147 e. The highest BCUT2D eigenvalue weighted by atomic mass is 19.1. The van der Waals surface area contributed by atoms with E-state index in [4.69, 9.17) is 5.73 Å². The molecule has 0 unspecified atom stereocenters. The first-order valence-electron chi connectivity index (χ1n) is 6.32. The summed E-state index contributed by atoms with van der Waals surface area (Å²) >= 11 is 0. The topological polar surface area (TPSA) is 43.8 Å². The Bertz CT molecular complexity index is 765. The summed E-state index contributed by atoms with van der Waals surface area (Å²) in [6.45, 7) is 0.389. The lowest BCUT2D eigenvalue weighted by molar-refractivity contribution is 0.615. The van der Waals surface area contributed by atoms with Crippen LogP contribution in [0, 0.1) is 11.6 Å². The second-order valence-corrected chi connectivity index (χ2v) is 4.49. The number of para-hydroxylation sites is 1. The van der Waals surface area contributed by atoms with Crippen molar-refractivity contribution in [2.75, 3.05) is 6.54 Å². The van der Waals surface area contributed by atoms with E-state index in [0.717, 1.165) is 0 Å². The maximum atomic E-state index is 14.0. The van der Waals surface area contributed by atoms with E-state index in [0.29, 0.717) is 35.5 Å². The predicted octanol–water partition coefficient (Wildman–Crippen LogP) is 2.80. The second kappa shape index (κ2) is 5.02. The first-order valence-corrected chi connectivity index (χ1v) is 6.32. The van der Waals surface area contributed by atoms with E-state index in [1.54, 1.807) is 28.8 Å². The lowest BCUT2D eigenvalue weighted by Gasteiger charge is -2.09. The zero-order valence-corrected chi connectivity index (χ0v) is 10.7. The van der Waals surface area contributed by atoms with Gasteiger partial charge in [0.2, 0.25) is 0 Å². The van der Waals surface area contributed by atoms with Crippen molar-refractivity contribution in [2.45, 2.75) is 6.42 Å². The molecule has 0 atom stereocenters. The molecule has 1 heterocycles. The average Bonchev–Trinajstić information content (AvgIpc) is 2.77. The number of aromatic nitrogens is 2. The van der Waals surface area contributed by atoms with Crippen LogP contribution in [0.5, 0.6) is 0 Å². The van der Waals surface area contributed by atoms with Gasteiger partial charge in [0, 0.05) is 12.5 Å². The van der Waals surface area contributed by atoms with Gasteiger partial charge in [-0.15, -0.1) is 0 Å². The van der Waals surface area contributed by atoms with E-state index in [1.165, 1.54) is 18.2 Å². The lowest BCUT2D eigenvalue weighted by Crippen LogP contribution is -2.09. The standard InChI is InChI=1S/C15H13F2N3/c16-10-5-6-12-14(9-10)20(15(19-12)7-8-18)13-4-2-1-3-11(13)17/h1-6,9H,7-8,18H2. The van der Waals surface area contributed by atoms with Crippen molar-refractivity contribution in [3.8, 4) is 5.69 Å². The van der Waals surface area contributed by atoms with Crippen molar-refractivity contribution in [2.24, 2.45) is 5.73 Å². The minimum atomic E-state index is -0.380. The van der Waals surface area contributed by atoms with Crippen LogP contribution in [-0.2, 0) is 6.42 Å². The van der Waals surface area contributed by atoms with Crippen LogP contribution in [0.2, 0.25) is 0 Å². The molecule has 0 saturated carbocycles. The number of rotatable bonds is 3. The van der Waals surface area contributed by atoms with Crippen molar-refractivity contribution < 1.29 is 8.78 Å². The first kappa shape index (κ1) is 12.7. The summed E-state index contributed by atoms with van der Waals surface area (Å²) in [5.41, 5.74) is 7.09. The minimum Gasteiger partial charge on any atom is -0.330 e. The molecule has 0 radical (unpaired) electrons. The van der Waals surface area contributed by atoms with Gasteiger partial charge < -0.3 is 5.73 Å². The second-order valence-electron chi connectivity index (χ2n) is 4.49. The molecule has 0 amide bonds. The van der Waals surface area contributed by atoms with Gasteiger partial charge in [0.1, 0.15) is 17.5 Å². The average molecular weight is 273 g/mol. The van der Waals surface area contributed by atoms with Crippen molar-refractivity contribution in [1.82, 2.24) is 9.55 Å². The highest BCUT2D eigenvalue weighted by molar-refractivity contribution is 5.78. The zero-order valence-electron chi connectivity index (χ0n) is 10.7. The van der Waals surface area contributed by atoms with Crippen LogP contribution in [0.25, 0.3) is 16.7 Å². The van der Waals surface area contributed by atoms with Gasteiger partial charge in [-0.05, 0) is 30.8 Å². The molecule has 3 aromatic rings. The molecule has 0 aliphatic rings. The van der Waals surface area contributed by atoms with Crippen molar-refractivity contribution in [3.05, 3.63) is 59.9 Å². The third-order valence-corrected chi connectivity index (χ3v) is 3.15. The highest BCUT2D eigenvalue weighted by Gasteiger charge is 2.15. The molecule has 0 aliphatic carbocycles. The van der Waals surface area contributed by atoms with E-state index in [2.05, 4.69) is 4.98 Å². The molecule has 1 aromatic heterocycles. The van der Waals surface area contributed by atoms with Crippen LogP contribution in [0.3, 0.4) is 0 Å². The smallest absolute Gasteiger partial charge is 0.147 e. The number of hydrogen-bond acceptors (Lipinski definition) is 2. The fourth-order valence-corrected chi connectivity index (χ4v) is 2.30. The molecule has 5 heteroatoms. The Hall–Kier alpha value is -2.27. The quantitative estimate of drug-likeness (QED) is 0.797. The Kier molecular flexibility index (Phi) is 3.20. The van der Waals surface area contributed by atoms with Gasteiger partial charge in [0.25, 0.3) is 0 Å². The summed E-state index contributed by atoms with van der Waals surface area (Å²) in [6, 6.07) is 10.6. The zero-order chi connectivity index (χ0) is 14.1. The number of imidazole rings is 1. The molecule has 2 N–H and O–H groups in total. The molecule has 0 fully saturated rings. The van der Waals surface area contributed by atoms with Gasteiger partial charge in [-0.3, -0.25) is 4.57 Å². The van der Waals surface area contributed by atoms with Gasteiger partial charge in [0.05, 0.1) is 16.7 Å². The van der Waals surface area contributed by atoms with E-state index in [1.807, 2.05) is 0 Å². The molecule has 102 valence electrons. The number of nitrogens with two attached hydrogens (primary N) is 1. The fraction of sp³-hybridized carbons (Fsp3) is 0.133. The predicted molar refractivity (Wildman–Crippen MR) is 73.7 cm³/mol. The summed E-state index contributed by atoms with van der Waals surface area (Å²) < 4.78 is 29.1. The van der Waals surface area contributed by atoms with Crippen molar-refractivity contribution in [1.29, 1.82) is 0 Å². The summed E-state index contributed by atoms with van der Waals surface area (Å²) in [6.07, 6.45) is 0.491. The van der Waals surface area contributed by atoms with Crippen LogP contribution < -0.4 is 5.73 Å². The highest BCUT2D eigenvalue weighted by Crippen LogP contribution is 2.24. The monoisotopic (exact) mass is 273 g/mol. The number of nitrogens with zero attached hydrogens (tertiary/aromatic N) is 2. The van der Waals surface area contributed by atoms with E-state index >= 15 is 0 Å². The Morgan fingerprint density at radius 3 is 2.65 bits per heavy atom. The molecule has 0 bridgehead atoms. The van der Waals surface area contributed by atoms with Crippen LogP contribution in [0.4, 0.5) is 8.78 Å². The Labute approximate surface area is 114 Å². The van der Waals surface area contributed by atoms with Crippen LogP contribution in [-0.4, -0.2) is 16.1 Å². The third kappa shape index (κ3) is 2.06. The first-order chi connectivity index (χ1) is 9.70. The van der Waals surface area contributed by atoms with E-state index < -0.39 is 0 Å². The Balaban J connectivity index is 2.34. The van der Waals surface area contributed by atoms with Crippen molar-refractivity contribution >= 4 is 11.0 Å². The van der Waals surface area contributed by atoms with Gasteiger partial charge in [0.15, 0.2) is 0 Å². The molecule has 0 spiro atoms. The van der Waals surface area contributed by atoms with Gasteiger partial charge in [-0.1, -0.05) is 12.1 Å². The number of benzene rings is 2. The van der Waals surface area contributed by atoms with Crippen LogP contribution in [0.15, 0.2) is 42.5 Å². The van der Waals surface area contributed by atoms with Gasteiger partial charge in [-0.2, -0.15) is 0 Å². The van der Waals surface area contributed by atoms with E-state index in [-0.39, 0.29) is 11.6 Å². The molecule has 20 heavy (non-hydrogen) atoms. The molecular weight excluding hydrogens is 260 g/mol. The molecule has 3 nitrogen and oxygen atoms in total.